The third kappa shape index (κ3) is 5.13. The van der Waals surface area contributed by atoms with Gasteiger partial charge in [-0.1, -0.05) is 0 Å². The van der Waals surface area contributed by atoms with Gasteiger partial charge in [0.25, 0.3) is 0 Å². The highest BCUT2D eigenvalue weighted by molar-refractivity contribution is 6.31. The number of hydrogen-bond donors (Lipinski definition) is 0. The molecule has 0 rings (SSSR count). The van der Waals surface area contributed by atoms with Crippen molar-refractivity contribution in [3.05, 3.63) is 0 Å². The van der Waals surface area contributed by atoms with Crippen molar-refractivity contribution in [2.75, 3.05) is 27.7 Å². The van der Waals surface area contributed by atoms with Crippen LogP contribution in [0.3, 0.4) is 0 Å². The van der Waals surface area contributed by atoms with Gasteiger partial charge in [-0.3, -0.25) is 4.74 Å². The zero-order chi connectivity index (χ0) is 23.9. The summed E-state index contributed by atoms with van der Waals surface area (Å²) in [6.07, 6.45) is -8.03. The maximum absolute atomic E-state index is 14.3. The van der Waals surface area contributed by atoms with Gasteiger partial charge in [0.2, 0.25) is 0 Å². The van der Waals surface area contributed by atoms with Crippen molar-refractivity contribution in [2.24, 2.45) is 0 Å². The molecule has 0 heterocycles. The van der Waals surface area contributed by atoms with Gasteiger partial charge in [0.05, 0.1) is 0 Å². The second-order valence-electron chi connectivity index (χ2n) is 6.34. The number of halogens is 13. The van der Waals surface area contributed by atoms with Gasteiger partial charge in [-0.15, -0.1) is 0 Å². The Hall–Kier alpha value is -0.310. The summed E-state index contributed by atoms with van der Waals surface area (Å²) in [5.41, 5.74) is -3.45. The third-order valence-electron chi connectivity index (χ3n) is 3.89. The molecule has 2 atom stereocenters. The molecule has 0 aliphatic heterocycles. The molecule has 0 N–H and O–H groups in total. The van der Waals surface area contributed by atoms with Gasteiger partial charge < -0.3 is 9.64 Å². The molecular weight excluding hydrogens is 482 g/mol. The Bertz CT molecular complexity index is 569. The molecule has 16 heteroatoms. The van der Waals surface area contributed by atoms with Crippen molar-refractivity contribution in [3.8, 4) is 0 Å². The number of nitrogens with zero attached hydrogens (tertiary/aromatic N) is 1. The predicted molar refractivity (Wildman–Crippen MR) is 80.0 cm³/mol. The van der Waals surface area contributed by atoms with Crippen LogP contribution in [0.5, 0.6) is 0 Å². The fourth-order valence-electron chi connectivity index (χ4n) is 1.82. The average Bonchev–Trinajstić information content (AvgIpc) is 2.49. The number of alkyl halides is 13. The van der Waals surface area contributed by atoms with Crippen LogP contribution in [0.25, 0.3) is 0 Å². The molecule has 29 heavy (non-hydrogen) atoms. The molecule has 0 aliphatic carbocycles. The molecule has 0 aromatic heterocycles. The average molecular weight is 498 g/mol. The first-order valence-electron chi connectivity index (χ1n) is 7.29. The zero-order valence-electron chi connectivity index (χ0n) is 15.1. The highest BCUT2D eigenvalue weighted by atomic mass is 35.5. The number of methoxy groups -OCH3 is 1. The van der Waals surface area contributed by atoms with Crippen LogP contribution < -0.4 is 0 Å². The van der Waals surface area contributed by atoms with Gasteiger partial charge in [0, 0.05) is 13.7 Å². The summed E-state index contributed by atoms with van der Waals surface area (Å²) in [5, 5.41) is -11.3. The molecule has 2 unspecified atom stereocenters. The van der Waals surface area contributed by atoms with E-state index in [9.17, 15) is 48.3 Å². The van der Waals surface area contributed by atoms with Crippen LogP contribution >= 0.6 is 23.2 Å². The number of ether oxygens (including phenoxy) is 2. The smallest absolute Gasteiger partial charge is 0.372 e. The molecule has 0 saturated heterocycles. The first-order valence-corrected chi connectivity index (χ1v) is 8.05. The van der Waals surface area contributed by atoms with E-state index in [-0.39, 0.29) is 6.92 Å². The van der Waals surface area contributed by atoms with Crippen molar-refractivity contribution < 1.29 is 57.8 Å². The molecule has 0 aromatic rings. The fourth-order valence-corrected chi connectivity index (χ4v) is 1.95. The highest BCUT2D eigenvalue weighted by Gasteiger charge is 2.86. The lowest BCUT2D eigenvalue weighted by atomic mass is 9.85. The molecule has 0 amide bonds. The Balaban J connectivity index is 6.22. The minimum atomic E-state index is -7.25. The van der Waals surface area contributed by atoms with Crippen LogP contribution in [0, 0.1) is 0 Å². The predicted octanol–water partition coefficient (Wildman–Crippen LogP) is 5.55. The van der Waals surface area contributed by atoms with Crippen LogP contribution in [0.4, 0.5) is 48.3 Å². The maximum Gasteiger partial charge on any atom is 0.429 e. The van der Waals surface area contributed by atoms with E-state index in [0.717, 1.165) is 4.90 Å². The second kappa shape index (κ2) is 8.32. The first-order chi connectivity index (χ1) is 12.4. The van der Waals surface area contributed by atoms with Gasteiger partial charge in [-0.25, -0.2) is 0 Å². The summed E-state index contributed by atoms with van der Waals surface area (Å²) in [6, 6.07) is 0. The van der Waals surface area contributed by atoms with E-state index in [2.05, 4.69) is 32.7 Å². The molecule has 176 valence electrons. The molecule has 0 fully saturated rings. The SMILES string of the molecule is COC(C)(CCN(C)C)C(F)(F)C(F)(F)C(F)(F)C(F)(F)OC(F)(Cl)C(F)(F)Cl. The highest BCUT2D eigenvalue weighted by Crippen LogP contribution is 2.59. The summed E-state index contributed by atoms with van der Waals surface area (Å²) < 4.78 is 156. The normalized spacial score (nSPS) is 19.2. The summed E-state index contributed by atoms with van der Waals surface area (Å²) in [6.45, 7) is -0.213. The van der Waals surface area contributed by atoms with Crippen LogP contribution in [0.1, 0.15) is 13.3 Å². The third-order valence-corrected chi connectivity index (χ3v) is 4.55. The molecule has 3 nitrogen and oxygen atoms in total. The Kier molecular flexibility index (Phi) is 8.23. The van der Waals surface area contributed by atoms with E-state index < -0.39 is 53.1 Å². The van der Waals surface area contributed by atoms with E-state index in [4.69, 9.17) is 0 Å². The monoisotopic (exact) mass is 497 g/mol. The maximum atomic E-state index is 14.3. The Morgan fingerprint density at radius 2 is 1.17 bits per heavy atom. The van der Waals surface area contributed by atoms with Crippen LogP contribution in [-0.4, -0.2) is 72.8 Å². The largest absolute Gasteiger partial charge is 0.429 e. The lowest BCUT2D eigenvalue weighted by molar-refractivity contribution is -0.464. The van der Waals surface area contributed by atoms with Crippen molar-refractivity contribution in [1.82, 2.24) is 4.90 Å². The van der Waals surface area contributed by atoms with E-state index in [0.29, 0.717) is 7.11 Å². The van der Waals surface area contributed by atoms with Gasteiger partial charge in [-0.05, 0) is 50.6 Å². The lowest BCUT2D eigenvalue weighted by Gasteiger charge is -2.44. The van der Waals surface area contributed by atoms with E-state index in [1.807, 2.05) is 0 Å². The minimum absolute atomic E-state index is 0.230. The summed E-state index contributed by atoms with van der Waals surface area (Å²) in [7, 11) is 3.00. The second-order valence-corrected chi connectivity index (χ2v) is 7.31. The van der Waals surface area contributed by atoms with Crippen LogP contribution in [0.2, 0.25) is 0 Å². The molecule has 0 spiro atoms. The van der Waals surface area contributed by atoms with E-state index in [1.165, 1.54) is 14.1 Å². The Morgan fingerprint density at radius 3 is 1.48 bits per heavy atom. The van der Waals surface area contributed by atoms with Gasteiger partial charge in [-0.2, -0.15) is 48.3 Å². The van der Waals surface area contributed by atoms with Gasteiger partial charge in [0.1, 0.15) is 5.60 Å². The molecule has 0 aromatic carbocycles. The van der Waals surface area contributed by atoms with Crippen LogP contribution in [0.15, 0.2) is 0 Å². The van der Waals surface area contributed by atoms with Gasteiger partial charge in [0.15, 0.2) is 0 Å². The number of hydrogen-bond acceptors (Lipinski definition) is 3. The fraction of sp³-hybridized carbons (Fsp3) is 1.00. The topological polar surface area (TPSA) is 21.7 Å². The summed E-state index contributed by atoms with van der Waals surface area (Å²) in [4.78, 5) is 1.16. The van der Waals surface area contributed by atoms with Crippen molar-refractivity contribution in [1.29, 1.82) is 0 Å². The standard InChI is InChI=1S/C13H16Cl2F11NO2/c1-7(28-4,5-6-27(2)3)8(16,17)9(18,19)10(20,21)13(25,26)29-12(15,24)11(14,22)23/h5-6H2,1-4H3. The van der Waals surface area contributed by atoms with Crippen molar-refractivity contribution in [2.45, 2.75) is 53.5 Å². The Morgan fingerprint density at radius 1 is 0.759 bits per heavy atom. The molecule has 0 aliphatic rings. The summed E-state index contributed by atoms with van der Waals surface area (Å²) >= 11 is 8.07. The number of rotatable bonds is 11. The van der Waals surface area contributed by atoms with Crippen molar-refractivity contribution in [3.63, 3.8) is 0 Å². The molecule has 0 radical (unpaired) electrons. The van der Waals surface area contributed by atoms with E-state index in [1.54, 1.807) is 0 Å². The molecular formula is C13H16Cl2F11NO2. The molecule has 0 saturated carbocycles. The van der Waals surface area contributed by atoms with E-state index >= 15 is 0 Å². The van der Waals surface area contributed by atoms with Crippen LogP contribution in [-0.2, 0) is 9.47 Å². The quantitative estimate of drug-likeness (QED) is 0.276. The molecule has 0 bridgehead atoms. The zero-order valence-corrected chi connectivity index (χ0v) is 16.6. The first kappa shape index (κ1) is 28.7. The summed E-state index contributed by atoms with van der Waals surface area (Å²) in [5.74, 6) is -20.3. The van der Waals surface area contributed by atoms with Gasteiger partial charge >= 0.3 is 34.6 Å². The minimum Gasteiger partial charge on any atom is -0.372 e. The van der Waals surface area contributed by atoms with Crippen molar-refractivity contribution >= 4 is 23.2 Å². The Labute approximate surface area is 168 Å². The lowest BCUT2D eigenvalue weighted by Crippen LogP contribution is -2.70.